The predicted molar refractivity (Wildman–Crippen MR) is 206 cm³/mol. The molecule has 5 amide bonds. The fourth-order valence-electron chi connectivity index (χ4n) is 7.97. The predicted octanol–water partition coefficient (Wildman–Crippen LogP) is 4.43. The molecule has 1 unspecified atom stereocenters. The van der Waals surface area contributed by atoms with Crippen molar-refractivity contribution in [2.75, 3.05) is 6.54 Å². The molecule has 4 aromatic heterocycles. The van der Waals surface area contributed by atoms with E-state index in [2.05, 4.69) is 32.1 Å². The van der Waals surface area contributed by atoms with Gasteiger partial charge >= 0.3 is 0 Å². The largest absolute Gasteiger partial charge is 0.439 e. The van der Waals surface area contributed by atoms with Crippen LogP contribution in [0, 0.1) is 0 Å². The van der Waals surface area contributed by atoms with Gasteiger partial charge in [0.2, 0.25) is 23.6 Å². The minimum Gasteiger partial charge on any atom is -0.439 e. The van der Waals surface area contributed by atoms with Crippen LogP contribution in [0.3, 0.4) is 0 Å². The van der Waals surface area contributed by atoms with Crippen LogP contribution in [-0.2, 0) is 47.0 Å². The average Bonchev–Trinajstić information content (AvgIpc) is 3.95. The fraction of sp³-hybridized carbons (Fsp3) is 0.262. The van der Waals surface area contributed by atoms with Crippen LogP contribution >= 0.6 is 0 Å². The first-order valence-electron chi connectivity index (χ1n) is 18.9. The number of imide groups is 1. The monoisotopic (exact) mass is 763 g/mol. The van der Waals surface area contributed by atoms with Crippen molar-refractivity contribution in [3.8, 4) is 34.0 Å². The number of oxazole rings is 1. The Balaban J connectivity index is 0.876. The highest BCUT2D eigenvalue weighted by Gasteiger charge is 2.40. The Morgan fingerprint density at radius 3 is 2.54 bits per heavy atom. The van der Waals surface area contributed by atoms with Crippen molar-refractivity contribution in [1.82, 2.24) is 44.9 Å². The Morgan fingerprint density at radius 1 is 0.930 bits per heavy atom. The molecule has 0 aliphatic carbocycles. The number of hydrogen-bond donors (Lipinski definition) is 2. The number of amides is 5. The van der Waals surface area contributed by atoms with Crippen LogP contribution in [0.2, 0.25) is 0 Å². The molecule has 1 fully saturated rings. The van der Waals surface area contributed by atoms with Crippen molar-refractivity contribution in [3.05, 3.63) is 107 Å². The fourth-order valence-corrected chi connectivity index (χ4v) is 7.97. The van der Waals surface area contributed by atoms with Crippen molar-refractivity contribution >= 4 is 40.3 Å². The number of fused-ring (bicyclic) bond motifs is 3. The number of nitrogens with zero attached hydrogens (tertiary/aromatic N) is 7. The minimum absolute atomic E-state index is 0.0482. The Labute approximate surface area is 326 Å². The summed E-state index contributed by atoms with van der Waals surface area (Å²) in [7, 11) is 0. The molecule has 3 aliphatic rings. The number of aromatic nitrogens is 5. The smallest absolute Gasteiger partial charge is 0.270 e. The summed E-state index contributed by atoms with van der Waals surface area (Å²) in [5.74, 6) is 0.210. The van der Waals surface area contributed by atoms with Gasteiger partial charge in [0.05, 0.1) is 36.4 Å². The summed E-state index contributed by atoms with van der Waals surface area (Å²) in [5.41, 5.74) is 6.26. The number of carbonyl (C=O) groups excluding carboxylic acids is 5. The van der Waals surface area contributed by atoms with E-state index in [0.29, 0.717) is 41.2 Å². The van der Waals surface area contributed by atoms with Gasteiger partial charge in [-0.1, -0.05) is 31.2 Å². The third-order valence-electron chi connectivity index (χ3n) is 10.9. The van der Waals surface area contributed by atoms with Gasteiger partial charge in [-0.2, -0.15) is 0 Å². The summed E-state index contributed by atoms with van der Waals surface area (Å²) in [6.45, 7) is 5.81. The highest BCUT2D eigenvalue weighted by atomic mass is 16.4. The molecule has 9 rings (SSSR count). The van der Waals surface area contributed by atoms with Crippen LogP contribution in [0.5, 0.6) is 0 Å². The van der Waals surface area contributed by atoms with Crippen LogP contribution in [0.1, 0.15) is 70.4 Å². The van der Waals surface area contributed by atoms with Crippen molar-refractivity contribution in [1.29, 1.82) is 0 Å². The quantitative estimate of drug-likeness (QED) is 0.210. The van der Waals surface area contributed by atoms with Gasteiger partial charge in [-0.25, -0.2) is 9.97 Å². The minimum atomic E-state index is -0.735. The van der Waals surface area contributed by atoms with Gasteiger partial charge in [0.25, 0.3) is 11.8 Å². The molecular formula is C42H37N9O6. The van der Waals surface area contributed by atoms with E-state index in [1.165, 1.54) is 11.1 Å². The molecule has 1 atom stereocenters. The number of nitrogens with one attached hydrogen (secondary N) is 2. The molecule has 7 heterocycles. The summed E-state index contributed by atoms with van der Waals surface area (Å²) in [4.78, 5) is 84.7. The highest BCUT2D eigenvalue weighted by Crippen LogP contribution is 2.36. The maximum absolute atomic E-state index is 13.3. The van der Waals surface area contributed by atoms with E-state index in [0.717, 1.165) is 52.1 Å². The van der Waals surface area contributed by atoms with Crippen molar-refractivity contribution in [2.24, 2.45) is 0 Å². The number of imidazole rings is 1. The van der Waals surface area contributed by atoms with Gasteiger partial charge in [-0.3, -0.25) is 39.3 Å². The van der Waals surface area contributed by atoms with Crippen molar-refractivity contribution in [3.63, 3.8) is 0 Å². The molecule has 2 N–H and O–H groups in total. The van der Waals surface area contributed by atoms with E-state index in [9.17, 15) is 24.0 Å². The van der Waals surface area contributed by atoms with Crippen LogP contribution in [-0.4, -0.2) is 76.4 Å². The number of piperidine rings is 1. The molecule has 15 heteroatoms. The van der Waals surface area contributed by atoms with Gasteiger partial charge in [0.1, 0.15) is 23.3 Å². The molecule has 0 spiro atoms. The second kappa shape index (κ2) is 14.2. The van der Waals surface area contributed by atoms with E-state index in [-0.39, 0.29) is 55.2 Å². The Bertz CT molecular complexity index is 2650. The van der Waals surface area contributed by atoms with Gasteiger partial charge < -0.3 is 24.1 Å². The van der Waals surface area contributed by atoms with Crippen molar-refractivity contribution < 1.29 is 28.4 Å². The normalized spacial score (nSPS) is 16.5. The van der Waals surface area contributed by atoms with E-state index < -0.39 is 17.9 Å². The zero-order chi connectivity index (χ0) is 39.4. The summed E-state index contributed by atoms with van der Waals surface area (Å²) in [6, 6.07) is 16.0. The third-order valence-corrected chi connectivity index (χ3v) is 10.9. The van der Waals surface area contributed by atoms with Crippen LogP contribution in [0.4, 0.5) is 0 Å². The Morgan fingerprint density at radius 2 is 1.75 bits per heavy atom. The van der Waals surface area contributed by atoms with Gasteiger partial charge in [0.15, 0.2) is 0 Å². The summed E-state index contributed by atoms with van der Waals surface area (Å²) in [5, 5.41) is 7.07. The number of carbonyl (C=O) groups is 5. The average molecular weight is 764 g/mol. The van der Waals surface area contributed by atoms with Crippen LogP contribution < -0.4 is 10.6 Å². The maximum Gasteiger partial charge on any atom is 0.270 e. The molecule has 3 aliphatic heterocycles. The molecule has 0 bridgehead atoms. The van der Waals surface area contributed by atoms with Gasteiger partial charge in [-0.05, 0) is 47.7 Å². The molecule has 0 radical (unpaired) electrons. The Kier molecular flexibility index (Phi) is 8.91. The van der Waals surface area contributed by atoms with Crippen LogP contribution in [0.15, 0.2) is 77.6 Å². The second-order valence-electron chi connectivity index (χ2n) is 14.3. The van der Waals surface area contributed by atoms with Gasteiger partial charge in [-0.15, -0.1) is 0 Å². The topological polar surface area (TPSA) is 186 Å². The van der Waals surface area contributed by atoms with Crippen LogP contribution in [0.25, 0.3) is 44.7 Å². The molecule has 15 nitrogen and oxygen atoms in total. The number of aryl methyl sites for hydroxylation is 1. The van der Waals surface area contributed by atoms with E-state index in [4.69, 9.17) is 14.4 Å². The summed E-state index contributed by atoms with van der Waals surface area (Å²) >= 11 is 0. The first kappa shape index (κ1) is 35.7. The van der Waals surface area contributed by atoms with E-state index in [1.807, 2.05) is 35.4 Å². The number of hydrogen-bond acceptors (Lipinski definition) is 10. The van der Waals surface area contributed by atoms with E-state index >= 15 is 0 Å². The Hall–Kier alpha value is -7.03. The standard InChI is InChI=1S/C42H37N9O6/c1-3-36-47-38(35-22-49(23(2)52)14-15-50(35)36)27-7-4-6-24-16-33(44-20-30(24)27)25-10-11-32(43-17-25)39(54)45-18-26-19-46-41(57-26)28-8-5-9-29-31(28)21-51(42(29)56)34-12-13-37(53)48-40(34)55/h4-11,16-17,19-20,34H,3,12-15,18,21-22H2,1-2H3,(H,45,54)(H,48,53,55). The summed E-state index contributed by atoms with van der Waals surface area (Å²) < 4.78 is 8.24. The second-order valence-corrected chi connectivity index (χ2v) is 14.3. The highest BCUT2D eigenvalue weighted by molar-refractivity contribution is 6.06. The lowest BCUT2D eigenvalue weighted by atomic mass is 10.0. The zero-order valence-corrected chi connectivity index (χ0v) is 31.2. The SMILES string of the molecule is CCc1nc(-c2cccc3cc(-c4ccc(C(=O)NCc5cnc(-c6cccc7c6CN(C6CCC(=O)NC6=O)C7=O)o5)nc4)ncc23)c2n1CCN(C(C)=O)C2. The lowest BCUT2D eigenvalue weighted by molar-refractivity contribution is -0.137. The third kappa shape index (κ3) is 6.40. The lowest BCUT2D eigenvalue weighted by Gasteiger charge is -2.29. The molecule has 57 heavy (non-hydrogen) atoms. The van der Waals surface area contributed by atoms with Gasteiger partial charge in [0, 0.05) is 79.4 Å². The number of pyridine rings is 2. The summed E-state index contributed by atoms with van der Waals surface area (Å²) in [6.07, 6.45) is 6.19. The molecule has 1 saturated heterocycles. The maximum atomic E-state index is 13.3. The van der Waals surface area contributed by atoms with Crippen molar-refractivity contribution in [2.45, 2.75) is 65.3 Å². The zero-order valence-electron chi connectivity index (χ0n) is 31.2. The molecule has 286 valence electrons. The van der Waals surface area contributed by atoms with E-state index in [1.54, 1.807) is 43.5 Å². The first-order valence-corrected chi connectivity index (χ1v) is 18.9. The molecule has 6 aromatic rings. The number of benzene rings is 2. The molecule has 0 saturated carbocycles. The lowest BCUT2D eigenvalue weighted by Crippen LogP contribution is -2.52. The number of rotatable bonds is 8. The molecular weight excluding hydrogens is 727 g/mol. The molecule has 2 aromatic carbocycles. The first-order chi connectivity index (χ1) is 27.7.